The molecule has 63 heavy (non-hydrogen) atoms. The minimum absolute atomic E-state index is 0.0410. The molecular formula is C48H58N4O11. The molecular weight excluding hydrogens is 809 g/mol. The van der Waals surface area contributed by atoms with Crippen molar-refractivity contribution in [1.82, 2.24) is 4.98 Å². The van der Waals surface area contributed by atoms with Crippen molar-refractivity contribution in [1.29, 1.82) is 0 Å². The van der Waals surface area contributed by atoms with Crippen LogP contribution < -0.4 is 24.6 Å². The van der Waals surface area contributed by atoms with Crippen molar-refractivity contribution in [2.24, 2.45) is 0 Å². The summed E-state index contributed by atoms with van der Waals surface area (Å²) in [5.41, 5.74) is 5.35. The van der Waals surface area contributed by atoms with Crippen molar-refractivity contribution in [3.63, 3.8) is 0 Å². The molecule has 0 unspecified atom stereocenters. The van der Waals surface area contributed by atoms with Gasteiger partial charge in [-0.25, -0.2) is 14.4 Å². The number of aromatic carboxylic acids is 3. The number of anilines is 3. The fourth-order valence-corrected chi connectivity index (χ4v) is 7.72. The van der Waals surface area contributed by atoms with Crippen LogP contribution in [-0.4, -0.2) is 100 Å². The van der Waals surface area contributed by atoms with Gasteiger partial charge in [0.15, 0.2) is 5.78 Å². The van der Waals surface area contributed by atoms with Gasteiger partial charge in [-0.05, 0) is 127 Å². The molecule has 0 atom stereocenters. The monoisotopic (exact) mass is 866 g/mol. The van der Waals surface area contributed by atoms with Crippen LogP contribution in [-0.2, 0) is 6.42 Å². The number of rotatable bonds is 10. The van der Waals surface area contributed by atoms with Crippen molar-refractivity contribution >= 4 is 51.7 Å². The SMILES string of the molecule is CC(C)N(c1ccc(C(=O)O)c(O)c1)C(C)C.COc1ccc2c(c1C(C)=O)CCCN2.COc1ccc2ncccc2c1C(=O)O.O=C(O)c1ccc(N2CCCCC2)cc1O. The molecule has 0 amide bonds. The van der Waals surface area contributed by atoms with Gasteiger partial charge < -0.3 is 50.1 Å². The number of carbonyl (C=O) groups is 4. The average Bonchev–Trinajstić information content (AvgIpc) is 3.25. The maximum Gasteiger partial charge on any atom is 0.340 e. The van der Waals surface area contributed by atoms with Crippen molar-refractivity contribution < 1.29 is 54.2 Å². The molecule has 0 bridgehead atoms. The van der Waals surface area contributed by atoms with E-state index in [1.807, 2.05) is 12.1 Å². The number of phenols is 2. The number of ether oxygens (including phenoxy) is 2. The first-order valence-electron chi connectivity index (χ1n) is 20.8. The topological polar surface area (TPSA) is 219 Å². The van der Waals surface area contributed by atoms with Gasteiger partial charge in [0, 0.05) is 72.5 Å². The molecule has 0 spiro atoms. The molecule has 1 fully saturated rings. The van der Waals surface area contributed by atoms with Gasteiger partial charge in [-0.2, -0.15) is 0 Å². The number of benzene rings is 4. The van der Waals surface area contributed by atoms with Crippen molar-refractivity contribution in [2.45, 2.75) is 78.8 Å². The summed E-state index contributed by atoms with van der Waals surface area (Å²) < 4.78 is 10.2. The van der Waals surface area contributed by atoms with Gasteiger partial charge in [-0.3, -0.25) is 9.78 Å². The van der Waals surface area contributed by atoms with Crippen LogP contribution in [0.25, 0.3) is 10.9 Å². The van der Waals surface area contributed by atoms with E-state index in [0.29, 0.717) is 22.4 Å². The van der Waals surface area contributed by atoms with Gasteiger partial charge in [0.05, 0.1) is 25.3 Å². The van der Waals surface area contributed by atoms with E-state index in [1.54, 1.807) is 56.6 Å². The molecule has 336 valence electrons. The molecule has 5 aromatic rings. The van der Waals surface area contributed by atoms with E-state index >= 15 is 0 Å². The van der Waals surface area contributed by atoms with E-state index < -0.39 is 17.9 Å². The average molecular weight is 867 g/mol. The lowest BCUT2D eigenvalue weighted by atomic mass is 9.95. The van der Waals surface area contributed by atoms with Gasteiger partial charge in [0.2, 0.25) is 0 Å². The highest BCUT2D eigenvalue weighted by Gasteiger charge is 2.21. The van der Waals surface area contributed by atoms with Crippen molar-refractivity contribution in [3.8, 4) is 23.0 Å². The fraction of sp³-hybridized carbons (Fsp3) is 0.354. The Morgan fingerprint density at radius 1 is 0.714 bits per heavy atom. The standard InChI is InChI=1S/C13H19NO3.C12H15NO3.C12H15NO2.C11H9NO3/c1-8(2)14(9(3)4)10-5-6-11(13(16)17)12(15)7-10;14-11-8-9(4-5-10(11)12(15)16)13-6-2-1-3-7-13;1-8(14)12-9-4-3-7-13-10(9)5-6-11(12)15-2;1-15-9-5-4-8-7(3-2-6-12-8)10(9)11(13)14/h5-9,15H,1-4H3,(H,16,17);4-5,8,14H,1-3,6-7H2,(H,15,16);5-6,13H,3-4,7H2,1-2H3;2-6H,1H3,(H,13,14). The lowest BCUT2D eigenvalue weighted by Gasteiger charge is -2.33. The number of carboxylic acids is 3. The molecule has 2 aliphatic heterocycles. The number of carboxylic acid groups (broad SMARTS) is 3. The zero-order chi connectivity index (χ0) is 46.4. The molecule has 4 aromatic carbocycles. The number of methoxy groups -OCH3 is 2. The summed E-state index contributed by atoms with van der Waals surface area (Å²) >= 11 is 0. The summed E-state index contributed by atoms with van der Waals surface area (Å²) in [4.78, 5) is 52.6. The first kappa shape index (κ1) is 48.6. The van der Waals surface area contributed by atoms with Crippen molar-refractivity contribution in [2.75, 3.05) is 49.0 Å². The number of pyridine rings is 1. The number of piperidine rings is 1. The van der Waals surface area contributed by atoms with Gasteiger partial charge in [0.1, 0.15) is 39.7 Å². The van der Waals surface area contributed by atoms with Crippen LogP contribution in [0.2, 0.25) is 0 Å². The van der Waals surface area contributed by atoms with Crippen LogP contribution in [0.5, 0.6) is 23.0 Å². The lowest BCUT2D eigenvalue weighted by Crippen LogP contribution is -2.36. The summed E-state index contributed by atoms with van der Waals surface area (Å²) in [6.07, 6.45) is 7.20. The highest BCUT2D eigenvalue weighted by molar-refractivity contribution is 6.05. The second-order valence-electron chi connectivity index (χ2n) is 15.4. The molecule has 0 aliphatic carbocycles. The first-order chi connectivity index (χ1) is 30.0. The second kappa shape index (κ2) is 22.7. The normalized spacial score (nSPS) is 12.8. The van der Waals surface area contributed by atoms with Gasteiger partial charge >= 0.3 is 17.9 Å². The van der Waals surface area contributed by atoms with Gasteiger partial charge in [-0.15, -0.1) is 0 Å². The summed E-state index contributed by atoms with van der Waals surface area (Å²) in [6.45, 7) is 12.8. The van der Waals surface area contributed by atoms with Crippen LogP contribution in [0.1, 0.15) is 107 Å². The third-order valence-corrected chi connectivity index (χ3v) is 10.5. The van der Waals surface area contributed by atoms with Crippen LogP contribution in [0.3, 0.4) is 0 Å². The summed E-state index contributed by atoms with van der Waals surface area (Å²) in [5.74, 6) is -2.46. The Bertz CT molecular complexity index is 2380. The number of Topliss-reactive ketones (excluding diaryl/α,β-unsaturated/α-hetero) is 1. The Morgan fingerprint density at radius 2 is 1.30 bits per heavy atom. The molecule has 2 aliphatic rings. The molecule has 15 nitrogen and oxygen atoms in total. The van der Waals surface area contributed by atoms with Gasteiger partial charge in [0.25, 0.3) is 0 Å². The third kappa shape index (κ3) is 12.5. The number of aromatic hydroxyl groups is 2. The molecule has 6 N–H and O–H groups in total. The zero-order valence-corrected chi connectivity index (χ0v) is 36.8. The number of aromatic nitrogens is 1. The molecule has 1 saturated heterocycles. The van der Waals surface area contributed by atoms with E-state index in [-0.39, 0.29) is 46.1 Å². The Kier molecular flexibility index (Phi) is 17.5. The second-order valence-corrected chi connectivity index (χ2v) is 15.4. The summed E-state index contributed by atoms with van der Waals surface area (Å²) in [6, 6.07) is 20.6. The summed E-state index contributed by atoms with van der Waals surface area (Å²) in [5, 5.41) is 49.9. The van der Waals surface area contributed by atoms with E-state index in [4.69, 9.17) is 24.8 Å². The molecule has 15 heteroatoms. The van der Waals surface area contributed by atoms with E-state index in [1.165, 1.54) is 37.8 Å². The minimum Gasteiger partial charge on any atom is -0.507 e. The van der Waals surface area contributed by atoms with E-state index in [2.05, 4.69) is 47.8 Å². The predicted molar refractivity (Wildman–Crippen MR) is 244 cm³/mol. The maximum absolute atomic E-state index is 11.6. The maximum atomic E-state index is 11.6. The third-order valence-electron chi connectivity index (χ3n) is 10.5. The Hall–Kier alpha value is -7.03. The molecule has 0 saturated carbocycles. The lowest BCUT2D eigenvalue weighted by molar-refractivity contribution is 0.0682. The molecule has 3 heterocycles. The quantitative estimate of drug-likeness (QED) is 0.0722. The number of hydrogen-bond acceptors (Lipinski definition) is 12. The predicted octanol–water partition coefficient (Wildman–Crippen LogP) is 8.99. The molecule has 1 aromatic heterocycles. The Morgan fingerprint density at radius 3 is 1.84 bits per heavy atom. The van der Waals surface area contributed by atoms with Crippen molar-refractivity contribution in [3.05, 3.63) is 107 Å². The molecule has 7 rings (SSSR count). The number of hydrogen-bond donors (Lipinski definition) is 6. The molecule has 0 radical (unpaired) electrons. The van der Waals surface area contributed by atoms with E-state index in [9.17, 15) is 29.4 Å². The van der Waals surface area contributed by atoms with Crippen LogP contribution in [0.4, 0.5) is 17.1 Å². The van der Waals surface area contributed by atoms with Crippen LogP contribution >= 0.6 is 0 Å². The van der Waals surface area contributed by atoms with E-state index in [0.717, 1.165) is 73.5 Å². The highest BCUT2D eigenvalue weighted by Crippen LogP contribution is 2.33. The number of ketones is 1. The van der Waals surface area contributed by atoms with Crippen LogP contribution in [0.15, 0.2) is 79.0 Å². The summed E-state index contributed by atoms with van der Waals surface area (Å²) in [7, 11) is 3.05. The number of carbonyl (C=O) groups excluding carboxylic acids is 1. The minimum atomic E-state index is -1.12. The fourth-order valence-electron chi connectivity index (χ4n) is 7.72. The highest BCUT2D eigenvalue weighted by atomic mass is 16.5. The number of fused-ring (bicyclic) bond motifs is 2. The smallest absolute Gasteiger partial charge is 0.340 e. The Labute approximate surface area is 367 Å². The largest absolute Gasteiger partial charge is 0.507 e. The number of nitrogens with zero attached hydrogens (tertiary/aromatic N) is 3. The van der Waals surface area contributed by atoms with Crippen LogP contribution in [0, 0.1) is 0 Å². The van der Waals surface area contributed by atoms with Gasteiger partial charge in [-0.1, -0.05) is 6.07 Å². The Balaban J connectivity index is 0.000000185. The first-order valence-corrected chi connectivity index (χ1v) is 20.8. The zero-order valence-electron chi connectivity index (χ0n) is 36.8. The number of nitrogens with one attached hydrogen (secondary N) is 1.